The molecule has 2 N–H and O–H groups in total. The molecule has 0 saturated heterocycles. The van der Waals surface area contributed by atoms with E-state index in [0.29, 0.717) is 5.92 Å². The Morgan fingerprint density at radius 3 is 2.62 bits per heavy atom. The Morgan fingerprint density at radius 1 is 1.50 bits per heavy atom. The van der Waals surface area contributed by atoms with Crippen LogP contribution in [0.15, 0.2) is 15.9 Å². The minimum Gasteiger partial charge on any atom is -0.395 e. The van der Waals surface area contributed by atoms with E-state index >= 15 is 0 Å². The first-order chi connectivity index (χ1) is 7.60. The van der Waals surface area contributed by atoms with E-state index in [4.69, 9.17) is 0 Å². The van der Waals surface area contributed by atoms with Crippen LogP contribution < -0.4 is 5.32 Å². The average Bonchev–Trinajstić information content (AvgIpc) is 2.71. The first kappa shape index (κ1) is 14.2. The summed E-state index contributed by atoms with van der Waals surface area (Å²) in [4.78, 5) is 1.29. The number of hydrogen-bond donors (Lipinski definition) is 2. The second kappa shape index (κ2) is 6.74. The van der Waals surface area contributed by atoms with Crippen molar-refractivity contribution in [1.29, 1.82) is 0 Å². The van der Waals surface area contributed by atoms with Crippen LogP contribution in [-0.2, 0) is 0 Å². The van der Waals surface area contributed by atoms with Gasteiger partial charge in [0.1, 0.15) is 0 Å². The lowest BCUT2D eigenvalue weighted by molar-refractivity contribution is 0.193. The SMILES string of the molecule is CCC(C)C(CO)NC(C)c1sccc1Br. The van der Waals surface area contributed by atoms with Gasteiger partial charge in [0, 0.05) is 21.4 Å². The normalized spacial score (nSPS) is 17.1. The van der Waals surface area contributed by atoms with Crippen LogP contribution in [0.4, 0.5) is 0 Å². The van der Waals surface area contributed by atoms with Gasteiger partial charge in [-0.1, -0.05) is 20.3 Å². The van der Waals surface area contributed by atoms with Crippen LogP contribution in [0.5, 0.6) is 0 Å². The second-order valence-corrected chi connectivity index (χ2v) is 6.00. The predicted molar refractivity (Wildman–Crippen MR) is 73.9 cm³/mol. The summed E-state index contributed by atoms with van der Waals surface area (Å²) in [5.41, 5.74) is 0. The Hall–Kier alpha value is 0.100. The smallest absolute Gasteiger partial charge is 0.0587 e. The van der Waals surface area contributed by atoms with Crippen molar-refractivity contribution in [2.45, 2.75) is 39.3 Å². The highest BCUT2D eigenvalue weighted by Crippen LogP contribution is 2.29. The van der Waals surface area contributed by atoms with Crippen molar-refractivity contribution in [2.75, 3.05) is 6.61 Å². The molecule has 0 bridgehead atoms. The summed E-state index contributed by atoms with van der Waals surface area (Å²) in [7, 11) is 0. The minimum atomic E-state index is 0.175. The number of thiophene rings is 1. The monoisotopic (exact) mass is 305 g/mol. The molecule has 3 unspecified atom stereocenters. The highest BCUT2D eigenvalue weighted by atomic mass is 79.9. The zero-order valence-electron chi connectivity index (χ0n) is 10.0. The van der Waals surface area contributed by atoms with Gasteiger partial charge in [-0.2, -0.15) is 0 Å². The summed E-state index contributed by atoms with van der Waals surface area (Å²) in [5, 5.41) is 14.9. The molecule has 0 aliphatic carbocycles. The molecule has 1 rings (SSSR count). The molecule has 4 heteroatoms. The lowest BCUT2D eigenvalue weighted by atomic mass is 9.99. The molecule has 0 amide bonds. The van der Waals surface area contributed by atoms with Gasteiger partial charge in [0.25, 0.3) is 0 Å². The number of aliphatic hydroxyl groups is 1. The number of halogens is 1. The molecule has 1 aromatic heterocycles. The van der Waals surface area contributed by atoms with E-state index in [0.717, 1.165) is 10.9 Å². The third kappa shape index (κ3) is 3.55. The van der Waals surface area contributed by atoms with Crippen LogP contribution in [0.3, 0.4) is 0 Å². The number of nitrogens with one attached hydrogen (secondary N) is 1. The van der Waals surface area contributed by atoms with Crippen molar-refractivity contribution >= 4 is 27.3 Å². The molecule has 1 heterocycles. The number of aliphatic hydroxyl groups excluding tert-OH is 1. The maximum Gasteiger partial charge on any atom is 0.0587 e. The van der Waals surface area contributed by atoms with Crippen molar-refractivity contribution in [3.63, 3.8) is 0 Å². The Morgan fingerprint density at radius 2 is 2.19 bits per heavy atom. The minimum absolute atomic E-state index is 0.175. The van der Waals surface area contributed by atoms with Crippen molar-refractivity contribution in [3.8, 4) is 0 Å². The van der Waals surface area contributed by atoms with Gasteiger partial charge in [-0.15, -0.1) is 11.3 Å². The Bertz CT molecular complexity index is 316. The van der Waals surface area contributed by atoms with Crippen LogP contribution in [0, 0.1) is 5.92 Å². The fraction of sp³-hybridized carbons (Fsp3) is 0.667. The highest BCUT2D eigenvalue weighted by Gasteiger charge is 2.19. The van der Waals surface area contributed by atoms with Crippen molar-refractivity contribution in [1.82, 2.24) is 5.32 Å². The zero-order chi connectivity index (χ0) is 12.1. The van der Waals surface area contributed by atoms with E-state index in [1.807, 2.05) is 0 Å². The van der Waals surface area contributed by atoms with Gasteiger partial charge in [0.05, 0.1) is 6.61 Å². The molecule has 2 nitrogen and oxygen atoms in total. The molecular formula is C12H20BrNOS. The molecule has 3 atom stereocenters. The quantitative estimate of drug-likeness (QED) is 0.842. The second-order valence-electron chi connectivity index (χ2n) is 4.20. The molecule has 16 heavy (non-hydrogen) atoms. The first-order valence-corrected chi connectivity index (χ1v) is 7.37. The maximum atomic E-state index is 9.37. The molecule has 0 aliphatic heterocycles. The summed E-state index contributed by atoms with van der Waals surface area (Å²) >= 11 is 5.28. The van der Waals surface area contributed by atoms with Crippen molar-refractivity contribution < 1.29 is 5.11 Å². The first-order valence-electron chi connectivity index (χ1n) is 5.69. The van der Waals surface area contributed by atoms with Gasteiger partial charge in [-0.25, -0.2) is 0 Å². The Labute approximate surface area is 110 Å². The average molecular weight is 306 g/mol. The molecule has 0 aromatic carbocycles. The van der Waals surface area contributed by atoms with E-state index in [9.17, 15) is 5.11 Å². The number of rotatable bonds is 6. The standard InChI is InChI=1S/C12H20BrNOS/c1-4-8(2)11(7-15)14-9(3)12-10(13)5-6-16-12/h5-6,8-9,11,14-15H,4,7H2,1-3H3. The van der Waals surface area contributed by atoms with E-state index in [1.54, 1.807) is 11.3 Å². The maximum absolute atomic E-state index is 9.37. The van der Waals surface area contributed by atoms with Crippen LogP contribution in [-0.4, -0.2) is 17.8 Å². The van der Waals surface area contributed by atoms with Gasteiger partial charge in [0.2, 0.25) is 0 Å². The topological polar surface area (TPSA) is 32.3 Å². The lowest BCUT2D eigenvalue weighted by Gasteiger charge is -2.26. The molecule has 92 valence electrons. The predicted octanol–water partition coefficient (Wildman–Crippen LogP) is 3.57. The van der Waals surface area contributed by atoms with Gasteiger partial charge < -0.3 is 10.4 Å². The summed E-state index contributed by atoms with van der Waals surface area (Å²) in [6.07, 6.45) is 1.08. The fourth-order valence-corrected chi connectivity index (χ4v) is 3.43. The van der Waals surface area contributed by atoms with Crippen molar-refractivity contribution in [2.24, 2.45) is 5.92 Å². The van der Waals surface area contributed by atoms with Gasteiger partial charge in [-0.05, 0) is 40.2 Å². The van der Waals surface area contributed by atoms with Crippen LogP contribution >= 0.6 is 27.3 Å². The van der Waals surface area contributed by atoms with E-state index in [2.05, 4.69) is 53.5 Å². The summed E-state index contributed by atoms with van der Waals surface area (Å²) < 4.78 is 1.15. The zero-order valence-corrected chi connectivity index (χ0v) is 12.4. The lowest BCUT2D eigenvalue weighted by Crippen LogP contribution is -2.39. The summed E-state index contributed by atoms with van der Waals surface area (Å²) in [6, 6.07) is 2.52. The van der Waals surface area contributed by atoms with E-state index < -0.39 is 0 Å². The van der Waals surface area contributed by atoms with Gasteiger partial charge >= 0.3 is 0 Å². The largest absolute Gasteiger partial charge is 0.395 e. The number of hydrogen-bond acceptors (Lipinski definition) is 3. The van der Waals surface area contributed by atoms with Gasteiger partial charge in [0.15, 0.2) is 0 Å². The molecule has 0 saturated carbocycles. The van der Waals surface area contributed by atoms with Gasteiger partial charge in [-0.3, -0.25) is 0 Å². The van der Waals surface area contributed by atoms with E-state index in [1.165, 1.54) is 4.88 Å². The third-order valence-corrected chi connectivity index (χ3v) is 5.08. The fourth-order valence-electron chi connectivity index (χ4n) is 1.69. The molecular weight excluding hydrogens is 286 g/mol. The molecule has 0 radical (unpaired) electrons. The molecule has 1 aromatic rings. The van der Waals surface area contributed by atoms with Crippen LogP contribution in [0.2, 0.25) is 0 Å². The molecule has 0 fully saturated rings. The third-order valence-electron chi connectivity index (χ3n) is 3.03. The van der Waals surface area contributed by atoms with Crippen molar-refractivity contribution in [3.05, 3.63) is 20.8 Å². The molecule has 0 spiro atoms. The molecule has 0 aliphatic rings. The van der Waals surface area contributed by atoms with Crippen LogP contribution in [0.1, 0.15) is 38.1 Å². The van der Waals surface area contributed by atoms with Crippen LogP contribution in [0.25, 0.3) is 0 Å². The summed E-state index contributed by atoms with van der Waals surface area (Å²) in [6.45, 7) is 6.66. The Kier molecular flexibility index (Phi) is 5.97. The van der Waals surface area contributed by atoms with E-state index in [-0.39, 0.29) is 18.7 Å². The Balaban J connectivity index is 2.62. The summed E-state index contributed by atoms with van der Waals surface area (Å²) in [5.74, 6) is 0.492. The highest BCUT2D eigenvalue weighted by molar-refractivity contribution is 9.10.